The van der Waals surface area contributed by atoms with E-state index in [0.29, 0.717) is 5.69 Å². The average Bonchev–Trinajstić information content (AvgIpc) is 2.35. The van der Waals surface area contributed by atoms with E-state index in [9.17, 15) is 13.2 Å². The van der Waals surface area contributed by atoms with E-state index in [0.717, 1.165) is 17.8 Å². The molecule has 94 valence electrons. The molecule has 1 heterocycles. The fraction of sp³-hybridized carbons (Fsp3) is 0.214. The topological polar surface area (TPSA) is 12.9 Å². The maximum absolute atomic E-state index is 13.1. The molecular formula is C14H12F3N. The molecule has 0 aliphatic rings. The van der Waals surface area contributed by atoms with E-state index in [2.05, 4.69) is 4.98 Å². The molecule has 2 aromatic rings. The minimum atomic E-state index is -1.46. The van der Waals surface area contributed by atoms with E-state index < -0.39 is 17.5 Å². The molecule has 0 fully saturated rings. The van der Waals surface area contributed by atoms with Gasteiger partial charge in [-0.3, -0.25) is 4.98 Å². The SMILES string of the molecule is CC(C)c1cccc(-c2cc(F)c(F)c(F)c2)n1. The van der Waals surface area contributed by atoms with Crippen LogP contribution in [0.4, 0.5) is 13.2 Å². The minimum absolute atomic E-state index is 0.208. The fourth-order valence-electron chi connectivity index (χ4n) is 1.64. The first kappa shape index (κ1) is 12.6. The number of nitrogens with zero attached hydrogens (tertiary/aromatic N) is 1. The summed E-state index contributed by atoms with van der Waals surface area (Å²) in [7, 11) is 0. The van der Waals surface area contributed by atoms with E-state index >= 15 is 0 Å². The number of aromatic nitrogens is 1. The van der Waals surface area contributed by atoms with Gasteiger partial charge in [-0.2, -0.15) is 0 Å². The molecule has 4 heteroatoms. The lowest BCUT2D eigenvalue weighted by Crippen LogP contribution is -1.96. The number of halogens is 3. The van der Waals surface area contributed by atoms with Gasteiger partial charge in [-0.05, 0) is 30.2 Å². The maximum Gasteiger partial charge on any atom is 0.194 e. The van der Waals surface area contributed by atoms with Crippen molar-refractivity contribution in [2.75, 3.05) is 0 Å². The van der Waals surface area contributed by atoms with E-state index in [1.54, 1.807) is 12.1 Å². The van der Waals surface area contributed by atoms with Crippen LogP contribution in [-0.2, 0) is 0 Å². The Kier molecular flexibility index (Phi) is 3.36. The molecule has 0 radical (unpaired) electrons. The summed E-state index contributed by atoms with van der Waals surface area (Å²) in [6.07, 6.45) is 0. The fourth-order valence-corrected chi connectivity index (χ4v) is 1.64. The van der Waals surface area contributed by atoms with Crippen LogP contribution in [0.15, 0.2) is 30.3 Å². The molecule has 18 heavy (non-hydrogen) atoms. The van der Waals surface area contributed by atoms with Crippen LogP contribution in [0.2, 0.25) is 0 Å². The summed E-state index contributed by atoms with van der Waals surface area (Å²) in [6, 6.07) is 7.13. The Labute approximate surface area is 103 Å². The predicted octanol–water partition coefficient (Wildman–Crippen LogP) is 4.29. The molecular weight excluding hydrogens is 239 g/mol. The second-order valence-corrected chi connectivity index (χ2v) is 4.36. The summed E-state index contributed by atoms with van der Waals surface area (Å²) < 4.78 is 39.1. The maximum atomic E-state index is 13.1. The zero-order chi connectivity index (χ0) is 13.3. The largest absolute Gasteiger partial charge is 0.253 e. The molecule has 0 aliphatic carbocycles. The van der Waals surface area contributed by atoms with Gasteiger partial charge in [-0.1, -0.05) is 19.9 Å². The Balaban J connectivity index is 2.52. The van der Waals surface area contributed by atoms with Gasteiger partial charge in [0.15, 0.2) is 17.5 Å². The molecule has 0 aliphatic heterocycles. The smallest absolute Gasteiger partial charge is 0.194 e. The van der Waals surface area contributed by atoms with Gasteiger partial charge in [-0.15, -0.1) is 0 Å². The van der Waals surface area contributed by atoms with Gasteiger partial charge in [0.25, 0.3) is 0 Å². The van der Waals surface area contributed by atoms with Crippen molar-refractivity contribution in [2.45, 2.75) is 19.8 Å². The van der Waals surface area contributed by atoms with Crippen molar-refractivity contribution in [1.29, 1.82) is 0 Å². The van der Waals surface area contributed by atoms with Crippen molar-refractivity contribution in [1.82, 2.24) is 4.98 Å². The van der Waals surface area contributed by atoms with Crippen molar-refractivity contribution < 1.29 is 13.2 Å². The standard InChI is InChI=1S/C14H12F3N/c1-8(2)12-4-3-5-13(18-12)9-6-10(15)14(17)11(16)7-9/h3-8H,1-2H3. The van der Waals surface area contributed by atoms with Crippen molar-refractivity contribution in [2.24, 2.45) is 0 Å². The van der Waals surface area contributed by atoms with E-state index in [1.807, 2.05) is 19.9 Å². The lowest BCUT2D eigenvalue weighted by atomic mass is 10.1. The molecule has 0 N–H and O–H groups in total. The molecule has 0 unspecified atom stereocenters. The van der Waals surface area contributed by atoms with Gasteiger partial charge < -0.3 is 0 Å². The van der Waals surface area contributed by atoms with Crippen molar-refractivity contribution in [3.05, 3.63) is 53.5 Å². The Hall–Kier alpha value is -1.84. The Morgan fingerprint density at radius 1 is 1.00 bits per heavy atom. The lowest BCUT2D eigenvalue weighted by molar-refractivity contribution is 0.447. The molecule has 1 aromatic heterocycles. The van der Waals surface area contributed by atoms with Crippen molar-refractivity contribution >= 4 is 0 Å². The Bertz CT molecular complexity index is 556. The summed E-state index contributed by atoms with van der Waals surface area (Å²) in [5, 5.41) is 0. The third-order valence-corrected chi connectivity index (χ3v) is 2.64. The molecule has 1 aromatic carbocycles. The highest BCUT2D eigenvalue weighted by Gasteiger charge is 2.12. The van der Waals surface area contributed by atoms with Gasteiger partial charge in [0.1, 0.15) is 0 Å². The molecule has 0 spiro atoms. The number of hydrogen-bond donors (Lipinski definition) is 0. The second kappa shape index (κ2) is 4.80. The molecule has 0 atom stereocenters. The second-order valence-electron chi connectivity index (χ2n) is 4.36. The third-order valence-electron chi connectivity index (χ3n) is 2.64. The Morgan fingerprint density at radius 3 is 2.17 bits per heavy atom. The van der Waals surface area contributed by atoms with Gasteiger partial charge >= 0.3 is 0 Å². The van der Waals surface area contributed by atoms with Gasteiger partial charge in [0.2, 0.25) is 0 Å². The summed E-state index contributed by atoms with van der Waals surface area (Å²) in [4.78, 5) is 4.30. The first-order valence-corrected chi connectivity index (χ1v) is 5.61. The Morgan fingerprint density at radius 2 is 1.61 bits per heavy atom. The number of benzene rings is 1. The van der Waals surface area contributed by atoms with Gasteiger partial charge in [0.05, 0.1) is 5.69 Å². The quantitative estimate of drug-likeness (QED) is 0.725. The lowest BCUT2D eigenvalue weighted by Gasteiger charge is -2.08. The normalized spacial score (nSPS) is 11.0. The monoisotopic (exact) mass is 251 g/mol. The van der Waals surface area contributed by atoms with Crippen LogP contribution in [0.1, 0.15) is 25.5 Å². The van der Waals surface area contributed by atoms with E-state index in [4.69, 9.17) is 0 Å². The van der Waals surface area contributed by atoms with Crippen LogP contribution in [0.25, 0.3) is 11.3 Å². The highest BCUT2D eigenvalue weighted by atomic mass is 19.2. The highest BCUT2D eigenvalue weighted by Crippen LogP contribution is 2.23. The summed E-state index contributed by atoms with van der Waals surface area (Å²) in [6.45, 7) is 3.94. The molecule has 2 rings (SSSR count). The number of pyridine rings is 1. The van der Waals surface area contributed by atoms with Gasteiger partial charge in [-0.25, -0.2) is 13.2 Å². The van der Waals surface area contributed by atoms with Crippen LogP contribution in [0, 0.1) is 17.5 Å². The highest BCUT2D eigenvalue weighted by molar-refractivity contribution is 5.59. The van der Waals surface area contributed by atoms with Crippen LogP contribution in [0.5, 0.6) is 0 Å². The predicted molar refractivity (Wildman–Crippen MR) is 63.6 cm³/mol. The first-order valence-electron chi connectivity index (χ1n) is 5.61. The minimum Gasteiger partial charge on any atom is -0.253 e. The summed E-state index contributed by atoms with van der Waals surface area (Å²) >= 11 is 0. The van der Waals surface area contributed by atoms with Gasteiger partial charge in [0, 0.05) is 11.3 Å². The van der Waals surface area contributed by atoms with Crippen LogP contribution in [0.3, 0.4) is 0 Å². The molecule has 0 saturated carbocycles. The van der Waals surface area contributed by atoms with Crippen LogP contribution < -0.4 is 0 Å². The molecule has 0 amide bonds. The first-order chi connectivity index (χ1) is 8.49. The molecule has 1 nitrogen and oxygen atoms in total. The molecule has 0 bridgehead atoms. The van der Waals surface area contributed by atoms with Crippen molar-refractivity contribution in [3.8, 4) is 11.3 Å². The van der Waals surface area contributed by atoms with E-state index in [-0.39, 0.29) is 11.5 Å². The summed E-state index contributed by atoms with van der Waals surface area (Å²) in [5.41, 5.74) is 1.48. The van der Waals surface area contributed by atoms with Crippen LogP contribution >= 0.6 is 0 Å². The van der Waals surface area contributed by atoms with E-state index in [1.165, 1.54) is 0 Å². The zero-order valence-electron chi connectivity index (χ0n) is 10.0. The average molecular weight is 251 g/mol. The van der Waals surface area contributed by atoms with Crippen LogP contribution in [-0.4, -0.2) is 4.98 Å². The zero-order valence-corrected chi connectivity index (χ0v) is 10.0. The third kappa shape index (κ3) is 2.37. The molecule has 0 saturated heterocycles. The summed E-state index contributed by atoms with van der Waals surface area (Å²) in [5.74, 6) is -3.66. The number of hydrogen-bond acceptors (Lipinski definition) is 1. The van der Waals surface area contributed by atoms with Crippen molar-refractivity contribution in [3.63, 3.8) is 0 Å². The number of rotatable bonds is 2.